The molecule has 2 N–H and O–H groups in total. The van der Waals surface area contributed by atoms with Crippen LogP contribution in [0, 0.1) is 5.92 Å². The van der Waals surface area contributed by atoms with Crippen LogP contribution in [0.5, 0.6) is 5.75 Å². The van der Waals surface area contributed by atoms with Gasteiger partial charge >= 0.3 is 0 Å². The van der Waals surface area contributed by atoms with Gasteiger partial charge in [-0.25, -0.2) is 0 Å². The van der Waals surface area contributed by atoms with Crippen molar-refractivity contribution in [1.82, 2.24) is 0 Å². The first-order valence-corrected chi connectivity index (χ1v) is 6.28. The van der Waals surface area contributed by atoms with Crippen LogP contribution in [0.4, 0.5) is 0 Å². The Kier molecular flexibility index (Phi) is 3.83. The molecular weight excluding hydrogens is 198 g/mol. The van der Waals surface area contributed by atoms with Gasteiger partial charge in [0.05, 0.1) is 6.61 Å². The van der Waals surface area contributed by atoms with Crippen LogP contribution in [0.25, 0.3) is 0 Å². The molecule has 0 saturated heterocycles. The molecule has 0 aromatic heterocycles. The molecule has 1 fully saturated rings. The smallest absolute Gasteiger partial charge is 0.119 e. The molecule has 1 atom stereocenters. The van der Waals surface area contributed by atoms with Crippen LogP contribution in [0.2, 0.25) is 0 Å². The molecule has 2 heteroatoms. The average molecular weight is 219 g/mol. The summed E-state index contributed by atoms with van der Waals surface area (Å²) in [5.74, 6) is 2.35. The fraction of sp³-hybridized carbons (Fsp3) is 0.571. The fourth-order valence-corrected chi connectivity index (χ4v) is 2.13. The van der Waals surface area contributed by atoms with E-state index in [9.17, 15) is 0 Å². The highest BCUT2D eigenvalue weighted by Gasteiger charge is 2.31. The first-order chi connectivity index (χ1) is 7.85. The second kappa shape index (κ2) is 5.35. The lowest BCUT2D eigenvalue weighted by atomic mass is 9.94. The van der Waals surface area contributed by atoms with Crippen LogP contribution in [-0.2, 0) is 0 Å². The number of ether oxygens (including phenoxy) is 1. The summed E-state index contributed by atoms with van der Waals surface area (Å²) in [7, 11) is 0. The number of benzene rings is 1. The Morgan fingerprint density at radius 3 is 2.50 bits per heavy atom. The maximum atomic E-state index is 5.83. The molecule has 1 aliphatic rings. The van der Waals surface area contributed by atoms with E-state index in [1.54, 1.807) is 0 Å². The summed E-state index contributed by atoms with van der Waals surface area (Å²) >= 11 is 0. The summed E-state index contributed by atoms with van der Waals surface area (Å²) in [6.45, 7) is 3.67. The average Bonchev–Trinajstić information content (AvgIpc) is 3.13. The molecule has 0 aliphatic heterocycles. The number of hydrogen-bond donors (Lipinski definition) is 1. The van der Waals surface area contributed by atoms with E-state index in [1.165, 1.54) is 18.4 Å². The van der Waals surface area contributed by atoms with Gasteiger partial charge in [0.2, 0.25) is 0 Å². The van der Waals surface area contributed by atoms with E-state index in [-0.39, 0.29) is 0 Å². The third-order valence-electron chi connectivity index (χ3n) is 3.23. The van der Waals surface area contributed by atoms with Gasteiger partial charge in [-0.15, -0.1) is 0 Å². The molecule has 16 heavy (non-hydrogen) atoms. The predicted molar refractivity (Wildman–Crippen MR) is 66.7 cm³/mol. The van der Waals surface area contributed by atoms with Gasteiger partial charge in [-0.2, -0.15) is 0 Å². The standard InChI is InChI=1S/C14H21NO/c1-2-9-16-13-7-5-12(6-8-13)14(10-15)11-3-4-11/h5-8,11,14H,2-4,9-10,15H2,1H3. The number of hydrogen-bond acceptors (Lipinski definition) is 2. The van der Waals surface area contributed by atoms with Crippen LogP contribution >= 0.6 is 0 Å². The molecule has 1 aromatic rings. The summed E-state index contributed by atoms with van der Waals surface area (Å²) in [6, 6.07) is 8.47. The van der Waals surface area contributed by atoms with Crippen molar-refractivity contribution in [3.05, 3.63) is 29.8 Å². The molecular formula is C14H21NO. The van der Waals surface area contributed by atoms with Crippen molar-refractivity contribution >= 4 is 0 Å². The van der Waals surface area contributed by atoms with Gasteiger partial charge in [0.25, 0.3) is 0 Å². The van der Waals surface area contributed by atoms with E-state index in [0.29, 0.717) is 5.92 Å². The van der Waals surface area contributed by atoms with Crippen LogP contribution in [0.3, 0.4) is 0 Å². The highest BCUT2D eigenvalue weighted by molar-refractivity contribution is 5.30. The Morgan fingerprint density at radius 2 is 2.00 bits per heavy atom. The third-order valence-corrected chi connectivity index (χ3v) is 3.23. The van der Waals surface area contributed by atoms with Crippen molar-refractivity contribution in [2.45, 2.75) is 32.1 Å². The van der Waals surface area contributed by atoms with Gasteiger partial charge in [0, 0.05) is 0 Å². The fourth-order valence-electron chi connectivity index (χ4n) is 2.13. The Bertz CT molecular complexity index is 316. The van der Waals surface area contributed by atoms with Crippen molar-refractivity contribution in [2.75, 3.05) is 13.2 Å². The maximum absolute atomic E-state index is 5.83. The third kappa shape index (κ3) is 2.76. The molecule has 1 aliphatic carbocycles. The Morgan fingerprint density at radius 1 is 1.31 bits per heavy atom. The van der Waals surface area contributed by atoms with Gasteiger partial charge in [-0.3, -0.25) is 0 Å². The summed E-state index contributed by atoms with van der Waals surface area (Å²) in [6.07, 6.45) is 3.74. The van der Waals surface area contributed by atoms with E-state index in [1.807, 2.05) is 0 Å². The summed E-state index contributed by atoms with van der Waals surface area (Å²) in [5.41, 5.74) is 7.20. The molecule has 0 spiro atoms. The van der Waals surface area contributed by atoms with Crippen LogP contribution in [0.15, 0.2) is 24.3 Å². The van der Waals surface area contributed by atoms with E-state index < -0.39 is 0 Å². The summed E-state index contributed by atoms with van der Waals surface area (Å²) in [4.78, 5) is 0. The number of nitrogens with two attached hydrogens (primary N) is 1. The highest BCUT2D eigenvalue weighted by atomic mass is 16.5. The first kappa shape index (κ1) is 11.5. The zero-order valence-corrected chi connectivity index (χ0v) is 9.99. The van der Waals surface area contributed by atoms with Crippen LogP contribution in [0.1, 0.15) is 37.7 Å². The predicted octanol–water partition coefficient (Wildman–Crippen LogP) is 2.93. The van der Waals surface area contributed by atoms with Crippen molar-refractivity contribution in [3.63, 3.8) is 0 Å². The Labute approximate surface area is 97.8 Å². The minimum atomic E-state index is 0.556. The molecule has 1 unspecified atom stereocenters. The normalized spacial score (nSPS) is 17.1. The minimum Gasteiger partial charge on any atom is -0.494 e. The molecule has 88 valence electrons. The van der Waals surface area contributed by atoms with Gasteiger partial charge in [-0.1, -0.05) is 19.1 Å². The lowest BCUT2D eigenvalue weighted by molar-refractivity contribution is 0.317. The molecule has 1 aromatic carbocycles. The summed E-state index contributed by atoms with van der Waals surface area (Å²) < 4.78 is 5.57. The van der Waals surface area contributed by atoms with E-state index in [0.717, 1.165) is 31.2 Å². The lowest BCUT2D eigenvalue weighted by Crippen LogP contribution is -2.14. The highest BCUT2D eigenvalue weighted by Crippen LogP contribution is 2.42. The second-order valence-corrected chi connectivity index (χ2v) is 4.60. The zero-order chi connectivity index (χ0) is 11.4. The molecule has 0 radical (unpaired) electrons. The summed E-state index contributed by atoms with van der Waals surface area (Å²) in [5, 5.41) is 0. The molecule has 0 heterocycles. The van der Waals surface area contributed by atoms with E-state index in [2.05, 4.69) is 31.2 Å². The Hall–Kier alpha value is -1.02. The maximum Gasteiger partial charge on any atom is 0.119 e. The van der Waals surface area contributed by atoms with E-state index in [4.69, 9.17) is 10.5 Å². The van der Waals surface area contributed by atoms with Crippen LogP contribution in [-0.4, -0.2) is 13.2 Å². The van der Waals surface area contributed by atoms with Gasteiger partial charge in [-0.05, 0) is 55.3 Å². The quantitative estimate of drug-likeness (QED) is 0.798. The minimum absolute atomic E-state index is 0.556. The van der Waals surface area contributed by atoms with Crippen LogP contribution < -0.4 is 10.5 Å². The Balaban J connectivity index is 1.99. The number of rotatable bonds is 6. The molecule has 1 saturated carbocycles. The first-order valence-electron chi connectivity index (χ1n) is 6.28. The molecule has 2 nitrogen and oxygen atoms in total. The van der Waals surface area contributed by atoms with E-state index >= 15 is 0 Å². The largest absolute Gasteiger partial charge is 0.494 e. The lowest BCUT2D eigenvalue weighted by Gasteiger charge is -2.14. The van der Waals surface area contributed by atoms with Crippen molar-refractivity contribution in [1.29, 1.82) is 0 Å². The van der Waals surface area contributed by atoms with Crippen molar-refractivity contribution < 1.29 is 4.74 Å². The van der Waals surface area contributed by atoms with Crippen molar-refractivity contribution in [2.24, 2.45) is 11.7 Å². The second-order valence-electron chi connectivity index (χ2n) is 4.60. The SMILES string of the molecule is CCCOc1ccc(C(CN)C2CC2)cc1. The topological polar surface area (TPSA) is 35.2 Å². The molecule has 0 amide bonds. The van der Waals surface area contributed by atoms with Gasteiger partial charge in [0.15, 0.2) is 0 Å². The van der Waals surface area contributed by atoms with Gasteiger partial charge < -0.3 is 10.5 Å². The monoisotopic (exact) mass is 219 g/mol. The zero-order valence-electron chi connectivity index (χ0n) is 9.99. The van der Waals surface area contributed by atoms with Gasteiger partial charge in [0.1, 0.15) is 5.75 Å². The molecule has 2 rings (SSSR count). The molecule has 0 bridgehead atoms. The van der Waals surface area contributed by atoms with Crippen molar-refractivity contribution in [3.8, 4) is 5.75 Å².